The number of fused-ring (bicyclic) bond motifs is 1. The summed E-state index contributed by atoms with van der Waals surface area (Å²) in [5.74, 6) is 0.291. The fourth-order valence-electron chi connectivity index (χ4n) is 1.91. The molecule has 0 saturated heterocycles. The Morgan fingerprint density at radius 2 is 2.09 bits per heavy atom. The SMILES string of the molecule is O=c1[nH]c(/C(Cl)=C\c2ccc(O)cn2)nc2ccc(Cl)cc12. The maximum atomic E-state index is 12.1. The summed E-state index contributed by atoms with van der Waals surface area (Å²) in [4.78, 5) is 23.0. The lowest BCUT2D eigenvalue weighted by Crippen LogP contribution is -2.10. The predicted octanol–water partition coefficient (Wildman–Crippen LogP) is 3.41. The molecule has 0 fully saturated rings. The zero-order valence-electron chi connectivity index (χ0n) is 11.0. The average molecular weight is 334 g/mol. The Bertz CT molecular complexity index is 934. The maximum Gasteiger partial charge on any atom is 0.259 e. The smallest absolute Gasteiger partial charge is 0.259 e. The molecule has 0 unspecified atom stereocenters. The number of rotatable bonds is 2. The molecule has 0 aliphatic heterocycles. The summed E-state index contributed by atoms with van der Waals surface area (Å²) in [6.07, 6.45) is 2.84. The van der Waals surface area contributed by atoms with Crippen LogP contribution in [0.2, 0.25) is 5.02 Å². The highest BCUT2D eigenvalue weighted by Gasteiger charge is 2.07. The molecule has 0 bridgehead atoms. The standard InChI is InChI=1S/C15H9Cl2N3O2/c16-8-1-4-13-11(5-8)15(22)20-14(19-13)12(17)6-9-2-3-10(21)7-18-9/h1-7,21H,(H,19,20,22)/b12-6+. The zero-order valence-corrected chi connectivity index (χ0v) is 12.6. The van der Waals surface area contributed by atoms with Crippen LogP contribution >= 0.6 is 23.2 Å². The number of aromatic hydroxyl groups is 1. The van der Waals surface area contributed by atoms with Gasteiger partial charge >= 0.3 is 0 Å². The third kappa shape index (κ3) is 2.95. The molecule has 0 saturated carbocycles. The lowest BCUT2D eigenvalue weighted by molar-refractivity contribution is 0.472. The predicted molar refractivity (Wildman–Crippen MR) is 87.0 cm³/mol. The molecular weight excluding hydrogens is 325 g/mol. The minimum Gasteiger partial charge on any atom is -0.506 e. The highest BCUT2D eigenvalue weighted by Crippen LogP contribution is 2.21. The molecule has 2 N–H and O–H groups in total. The second kappa shape index (κ2) is 5.79. The quantitative estimate of drug-likeness (QED) is 0.753. The lowest BCUT2D eigenvalue weighted by Gasteiger charge is -2.02. The number of pyridine rings is 1. The molecular formula is C15H9Cl2N3O2. The summed E-state index contributed by atoms with van der Waals surface area (Å²) in [5.41, 5.74) is 0.697. The van der Waals surface area contributed by atoms with Gasteiger partial charge < -0.3 is 10.1 Å². The Balaban J connectivity index is 2.07. The number of H-pyrrole nitrogens is 1. The van der Waals surface area contributed by atoms with Gasteiger partial charge in [0.2, 0.25) is 0 Å². The molecule has 0 aliphatic rings. The zero-order chi connectivity index (χ0) is 15.7. The molecule has 0 amide bonds. The summed E-state index contributed by atoms with van der Waals surface area (Å²) in [7, 11) is 0. The van der Waals surface area contributed by atoms with E-state index in [-0.39, 0.29) is 22.2 Å². The Kier molecular flexibility index (Phi) is 3.83. The molecule has 5 nitrogen and oxygen atoms in total. The molecule has 3 rings (SSSR count). The van der Waals surface area contributed by atoms with Crippen molar-refractivity contribution in [1.29, 1.82) is 0 Å². The van der Waals surface area contributed by atoms with E-state index in [1.807, 2.05) is 0 Å². The second-order valence-electron chi connectivity index (χ2n) is 4.51. The fourth-order valence-corrected chi connectivity index (χ4v) is 2.28. The van der Waals surface area contributed by atoms with Gasteiger partial charge in [0.05, 0.1) is 27.8 Å². The van der Waals surface area contributed by atoms with Crippen molar-refractivity contribution in [2.24, 2.45) is 0 Å². The van der Waals surface area contributed by atoms with Crippen molar-refractivity contribution in [3.05, 3.63) is 63.4 Å². The van der Waals surface area contributed by atoms with Crippen LogP contribution in [0.3, 0.4) is 0 Å². The van der Waals surface area contributed by atoms with E-state index >= 15 is 0 Å². The van der Waals surface area contributed by atoms with Gasteiger partial charge in [0.1, 0.15) is 5.75 Å². The summed E-state index contributed by atoms with van der Waals surface area (Å²) in [6, 6.07) is 7.93. The van der Waals surface area contributed by atoms with E-state index in [4.69, 9.17) is 23.2 Å². The van der Waals surface area contributed by atoms with Gasteiger partial charge in [-0.2, -0.15) is 0 Å². The van der Waals surface area contributed by atoms with Crippen LogP contribution < -0.4 is 5.56 Å². The van der Waals surface area contributed by atoms with Gasteiger partial charge in [-0.15, -0.1) is 0 Å². The molecule has 0 spiro atoms. The van der Waals surface area contributed by atoms with E-state index in [1.165, 1.54) is 12.3 Å². The third-order valence-electron chi connectivity index (χ3n) is 2.94. The summed E-state index contributed by atoms with van der Waals surface area (Å²) < 4.78 is 0. The molecule has 0 radical (unpaired) electrons. The topological polar surface area (TPSA) is 78.9 Å². The van der Waals surface area contributed by atoms with E-state index in [0.29, 0.717) is 21.6 Å². The molecule has 7 heteroatoms. The number of benzene rings is 1. The molecule has 22 heavy (non-hydrogen) atoms. The van der Waals surface area contributed by atoms with Gasteiger partial charge in [0.25, 0.3) is 5.56 Å². The first-order valence-electron chi connectivity index (χ1n) is 6.25. The van der Waals surface area contributed by atoms with Crippen LogP contribution in [0.15, 0.2) is 41.3 Å². The first kappa shape index (κ1) is 14.6. The number of nitrogens with zero attached hydrogens (tertiary/aromatic N) is 2. The van der Waals surface area contributed by atoms with E-state index in [1.54, 1.807) is 30.3 Å². The van der Waals surface area contributed by atoms with Crippen LogP contribution in [0.1, 0.15) is 11.5 Å². The maximum absolute atomic E-state index is 12.1. The Labute approximate surface area is 134 Å². The third-order valence-corrected chi connectivity index (χ3v) is 3.46. The van der Waals surface area contributed by atoms with Crippen LogP contribution in [-0.4, -0.2) is 20.1 Å². The van der Waals surface area contributed by atoms with E-state index in [9.17, 15) is 9.90 Å². The van der Waals surface area contributed by atoms with Gasteiger partial charge in [-0.05, 0) is 36.4 Å². The van der Waals surface area contributed by atoms with Gasteiger partial charge in [0, 0.05) is 5.02 Å². The lowest BCUT2D eigenvalue weighted by atomic mass is 10.2. The average Bonchev–Trinajstić information content (AvgIpc) is 2.50. The number of aromatic nitrogens is 3. The van der Waals surface area contributed by atoms with Crippen molar-refractivity contribution in [3.8, 4) is 5.75 Å². The molecule has 1 aromatic carbocycles. The van der Waals surface area contributed by atoms with Gasteiger partial charge in [-0.25, -0.2) is 4.98 Å². The first-order chi connectivity index (χ1) is 10.5. The van der Waals surface area contributed by atoms with Gasteiger partial charge in [-0.1, -0.05) is 23.2 Å². The van der Waals surface area contributed by atoms with Crippen LogP contribution in [0, 0.1) is 0 Å². The van der Waals surface area contributed by atoms with E-state index in [0.717, 1.165) is 0 Å². The molecule has 0 atom stereocenters. The molecule has 2 heterocycles. The second-order valence-corrected chi connectivity index (χ2v) is 5.35. The van der Waals surface area contributed by atoms with Crippen molar-refractivity contribution >= 4 is 45.2 Å². The van der Waals surface area contributed by atoms with Crippen molar-refractivity contribution in [2.45, 2.75) is 0 Å². The van der Waals surface area contributed by atoms with Crippen molar-refractivity contribution < 1.29 is 5.11 Å². The fraction of sp³-hybridized carbons (Fsp3) is 0. The number of halogens is 2. The minimum atomic E-state index is -0.326. The monoisotopic (exact) mass is 333 g/mol. The summed E-state index contributed by atoms with van der Waals surface area (Å²) in [5, 5.41) is 10.3. The highest BCUT2D eigenvalue weighted by molar-refractivity contribution is 6.50. The van der Waals surface area contributed by atoms with Gasteiger partial charge in [-0.3, -0.25) is 9.78 Å². The Morgan fingerprint density at radius 3 is 2.82 bits per heavy atom. The minimum absolute atomic E-state index is 0.0578. The normalized spacial score (nSPS) is 11.8. The molecule has 0 aliphatic carbocycles. The van der Waals surface area contributed by atoms with Crippen LogP contribution in [-0.2, 0) is 0 Å². The van der Waals surface area contributed by atoms with Crippen LogP contribution in [0.4, 0.5) is 0 Å². The van der Waals surface area contributed by atoms with E-state index in [2.05, 4.69) is 15.0 Å². The number of hydrogen-bond donors (Lipinski definition) is 2. The van der Waals surface area contributed by atoms with Crippen LogP contribution in [0.25, 0.3) is 22.0 Å². The Morgan fingerprint density at radius 1 is 1.27 bits per heavy atom. The largest absolute Gasteiger partial charge is 0.506 e. The van der Waals surface area contributed by atoms with Crippen molar-refractivity contribution in [3.63, 3.8) is 0 Å². The molecule has 3 aromatic rings. The number of hydrogen-bond acceptors (Lipinski definition) is 4. The Hall–Kier alpha value is -2.37. The molecule has 2 aromatic heterocycles. The first-order valence-corrected chi connectivity index (χ1v) is 7.01. The number of aromatic amines is 1. The van der Waals surface area contributed by atoms with Gasteiger partial charge in [0.15, 0.2) is 5.82 Å². The molecule has 110 valence electrons. The van der Waals surface area contributed by atoms with Crippen LogP contribution in [0.5, 0.6) is 5.75 Å². The summed E-state index contributed by atoms with van der Waals surface area (Å²) >= 11 is 12.1. The number of nitrogens with one attached hydrogen (secondary N) is 1. The van der Waals surface area contributed by atoms with Crippen molar-refractivity contribution in [1.82, 2.24) is 15.0 Å². The van der Waals surface area contributed by atoms with E-state index < -0.39 is 0 Å². The van der Waals surface area contributed by atoms with Crippen molar-refractivity contribution in [2.75, 3.05) is 0 Å². The highest BCUT2D eigenvalue weighted by atomic mass is 35.5. The summed E-state index contributed by atoms with van der Waals surface area (Å²) in [6.45, 7) is 0.